The molecule has 0 N–H and O–H groups in total. The average molecular weight is 335 g/mol. The van der Waals surface area contributed by atoms with Crippen LogP contribution in [0.3, 0.4) is 0 Å². The third-order valence-electron chi connectivity index (χ3n) is 4.12. The van der Waals surface area contributed by atoms with Crippen molar-refractivity contribution in [1.82, 2.24) is 24.6 Å². The number of ether oxygens (including phenoxy) is 1. The molecule has 0 unspecified atom stereocenters. The number of hydrogen-bond donors (Lipinski definition) is 0. The van der Waals surface area contributed by atoms with E-state index in [-0.39, 0.29) is 5.91 Å². The Morgan fingerprint density at radius 2 is 1.84 bits per heavy atom. The lowest BCUT2D eigenvalue weighted by molar-refractivity contribution is 0.0303. The topological polar surface area (TPSA) is 73.1 Å². The minimum Gasteiger partial charge on any atom is -0.378 e. The fraction of sp³-hybridized carbons (Fsp3) is 0.222. The van der Waals surface area contributed by atoms with Crippen molar-refractivity contribution in [3.8, 4) is 16.9 Å². The molecule has 0 saturated carbocycles. The van der Waals surface area contributed by atoms with Crippen molar-refractivity contribution in [2.45, 2.75) is 0 Å². The number of nitrogens with zero attached hydrogens (tertiary/aromatic N) is 5. The summed E-state index contributed by atoms with van der Waals surface area (Å²) in [7, 11) is 0. The van der Waals surface area contributed by atoms with Gasteiger partial charge in [0, 0.05) is 42.8 Å². The maximum atomic E-state index is 12.5. The highest BCUT2D eigenvalue weighted by Gasteiger charge is 2.18. The van der Waals surface area contributed by atoms with Gasteiger partial charge in [0.05, 0.1) is 37.0 Å². The smallest absolute Gasteiger partial charge is 0.254 e. The second kappa shape index (κ2) is 6.82. The van der Waals surface area contributed by atoms with Gasteiger partial charge in [-0.15, -0.1) is 0 Å². The van der Waals surface area contributed by atoms with Gasteiger partial charge in [-0.2, -0.15) is 5.10 Å². The van der Waals surface area contributed by atoms with E-state index in [1.165, 1.54) is 0 Å². The lowest BCUT2D eigenvalue weighted by Gasteiger charge is -2.26. The quantitative estimate of drug-likeness (QED) is 0.730. The molecule has 1 amide bonds. The first kappa shape index (κ1) is 15.5. The molecule has 126 valence electrons. The molecule has 3 heterocycles. The van der Waals surface area contributed by atoms with Gasteiger partial charge < -0.3 is 9.64 Å². The Balaban J connectivity index is 1.52. The number of amides is 1. The Labute approximate surface area is 144 Å². The van der Waals surface area contributed by atoms with Crippen LogP contribution in [0.5, 0.6) is 0 Å². The van der Waals surface area contributed by atoms with Gasteiger partial charge >= 0.3 is 0 Å². The van der Waals surface area contributed by atoms with E-state index in [4.69, 9.17) is 4.74 Å². The zero-order chi connectivity index (χ0) is 17.1. The third-order valence-corrected chi connectivity index (χ3v) is 4.12. The maximum Gasteiger partial charge on any atom is 0.254 e. The summed E-state index contributed by atoms with van der Waals surface area (Å²) in [6.07, 6.45) is 8.63. The molecular weight excluding hydrogens is 318 g/mol. The van der Waals surface area contributed by atoms with Crippen LogP contribution in [0.4, 0.5) is 0 Å². The highest BCUT2D eigenvalue weighted by atomic mass is 16.5. The molecule has 0 aliphatic carbocycles. The zero-order valence-electron chi connectivity index (χ0n) is 13.6. The Hall–Kier alpha value is -3.06. The normalized spacial score (nSPS) is 14.5. The monoisotopic (exact) mass is 335 g/mol. The molecule has 0 spiro atoms. The Kier molecular flexibility index (Phi) is 4.22. The second-order valence-electron chi connectivity index (χ2n) is 5.72. The average Bonchev–Trinajstić information content (AvgIpc) is 3.19. The first-order valence-electron chi connectivity index (χ1n) is 8.10. The summed E-state index contributed by atoms with van der Waals surface area (Å²) in [6, 6.07) is 7.44. The van der Waals surface area contributed by atoms with Gasteiger partial charge in [-0.05, 0) is 24.3 Å². The van der Waals surface area contributed by atoms with Crippen molar-refractivity contribution in [1.29, 1.82) is 0 Å². The molecule has 2 aromatic heterocycles. The number of morpholine rings is 1. The van der Waals surface area contributed by atoms with Crippen molar-refractivity contribution in [2.24, 2.45) is 0 Å². The van der Waals surface area contributed by atoms with Gasteiger partial charge in [0.15, 0.2) is 0 Å². The van der Waals surface area contributed by atoms with Crippen LogP contribution in [0.15, 0.2) is 55.2 Å². The van der Waals surface area contributed by atoms with E-state index >= 15 is 0 Å². The Morgan fingerprint density at radius 1 is 1.04 bits per heavy atom. The van der Waals surface area contributed by atoms with E-state index in [0.29, 0.717) is 31.9 Å². The van der Waals surface area contributed by atoms with Crippen LogP contribution in [-0.4, -0.2) is 56.9 Å². The number of benzene rings is 1. The van der Waals surface area contributed by atoms with Crippen molar-refractivity contribution in [2.75, 3.05) is 26.3 Å². The maximum absolute atomic E-state index is 12.5. The van der Waals surface area contributed by atoms with Crippen molar-refractivity contribution in [3.63, 3.8) is 0 Å². The highest BCUT2D eigenvalue weighted by Crippen LogP contribution is 2.17. The number of rotatable bonds is 3. The predicted octanol–water partition coefficient (Wildman–Crippen LogP) is 1.80. The summed E-state index contributed by atoms with van der Waals surface area (Å²) in [5.74, 6) is 0.0376. The molecule has 7 nitrogen and oxygen atoms in total. The van der Waals surface area contributed by atoms with Crippen molar-refractivity contribution < 1.29 is 9.53 Å². The molecule has 0 bridgehead atoms. The van der Waals surface area contributed by atoms with Crippen LogP contribution in [0.25, 0.3) is 16.9 Å². The minimum atomic E-state index is 0.0376. The van der Waals surface area contributed by atoms with Crippen LogP contribution in [0.2, 0.25) is 0 Å². The van der Waals surface area contributed by atoms with Gasteiger partial charge in [0.1, 0.15) is 0 Å². The second-order valence-corrected chi connectivity index (χ2v) is 5.72. The van der Waals surface area contributed by atoms with Crippen LogP contribution in [-0.2, 0) is 4.74 Å². The van der Waals surface area contributed by atoms with Crippen molar-refractivity contribution in [3.05, 3.63) is 60.8 Å². The number of carbonyl (C=O) groups excluding carboxylic acids is 1. The Morgan fingerprint density at radius 3 is 2.56 bits per heavy atom. The molecule has 1 aromatic carbocycles. The fourth-order valence-corrected chi connectivity index (χ4v) is 2.75. The molecule has 1 aliphatic heterocycles. The van der Waals surface area contributed by atoms with E-state index in [9.17, 15) is 4.79 Å². The van der Waals surface area contributed by atoms with E-state index in [0.717, 1.165) is 16.9 Å². The molecular formula is C18H17N5O2. The van der Waals surface area contributed by atoms with E-state index < -0.39 is 0 Å². The summed E-state index contributed by atoms with van der Waals surface area (Å²) < 4.78 is 7.04. The molecule has 0 atom stereocenters. The molecule has 4 rings (SSSR count). The molecule has 0 radical (unpaired) electrons. The predicted molar refractivity (Wildman–Crippen MR) is 91.3 cm³/mol. The third kappa shape index (κ3) is 3.27. The van der Waals surface area contributed by atoms with Crippen LogP contribution in [0, 0.1) is 0 Å². The summed E-state index contributed by atoms with van der Waals surface area (Å²) in [5.41, 5.74) is 3.22. The number of aromatic nitrogens is 4. The summed E-state index contributed by atoms with van der Waals surface area (Å²) >= 11 is 0. The molecule has 25 heavy (non-hydrogen) atoms. The summed E-state index contributed by atoms with van der Waals surface area (Å²) in [4.78, 5) is 22.6. The van der Waals surface area contributed by atoms with Gasteiger partial charge in [-0.1, -0.05) is 0 Å². The lowest BCUT2D eigenvalue weighted by Crippen LogP contribution is -2.40. The summed E-state index contributed by atoms with van der Waals surface area (Å²) in [6.45, 7) is 2.48. The first-order chi connectivity index (χ1) is 12.3. The van der Waals surface area contributed by atoms with Crippen LogP contribution >= 0.6 is 0 Å². The fourth-order valence-electron chi connectivity index (χ4n) is 2.75. The van der Waals surface area contributed by atoms with E-state index in [1.807, 2.05) is 35.4 Å². The lowest BCUT2D eigenvalue weighted by atomic mass is 10.1. The first-order valence-corrected chi connectivity index (χ1v) is 8.10. The zero-order valence-corrected chi connectivity index (χ0v) is 13.6. The minimum absolute atomic E-state index is 0.0376. The van der Waals surface area contributed by atoms with Gasteiger partial charge in [0.25, 0.3) is 5.91 Å². The molecule has 1 fully saturated rings. The number of carbonyl (C=O) groups is 1. The van der Waals surface area contributed by atoms with Crippen molar-refractivity contribution >= 4 is 5.91 Å². The van der Waals surface area contributed by atoms with Gasteiger partial charge in [-0.25, -0.2) is 4.68 Å². The van der Waals surface area contributed by atoms with Gasteiger partial charge in [0.2, 0.25) is 0 Å². The SMILES string of the molecule is O=C(c1ccc(-n2cc(-c3cnccn3)cn2)cc1)N1CCOCC1. The van der Waals surface area contributed by atoms with E-state index in [1.54, 1.807) is 29.5 Å². The highest BCUT2D eigenvalue weighted by molar-refractivity contribution is 5.94. The molecule has 3 aromatic rings. The largest absolute Gasteiger partial charge is 0.378 e. The van der Waals surface area contributed by atoms with Gasteiger partial charge in [-0.3, -0.25) is 14.8 Å². The molecule has 1 saturated heterocycles. The molecule has 7 heteroatoms. The van der Waals surface area contributed by atoms with E-state index in [2.05, 4.69) is 15.1 Å². The van der Waals surface area contributed by atoms with Crippen LogP contribution < -0.4 is 0 Å². The standard InChI is InChI=1S/C18H17N5O2/c24-18(22-7-9-25-10-8-22)14-1-3-16(4-2-14)23-13-15(11-21-23)17-12-19-5-6-20-17/h1-6,11-13H,7-10H2. The molecule has 1 aliphatic rings. The summed E-state index contributed by atoms with van der Waals surface area (Å²) in [5, 5.41) is 4.36. The Bertz CT molecular complexity index is 855. The number of hydrogen-bond acceptors (Lipinski definition) is 5. The van der Waals surface area contributed by atoms with Crippen LogP contribution in [0.1, 0.15) is 10.4 Å².